The largest absolute Gasteiger partial charge is 0.310 e. The molecule has 1 aliphatic carbocycles. The normalized spacial score (nSPS) is 39.2. The predicted molar refractivity (Wildman–Crippen MR) is 69.7 cm³/mol. The summed E-state index contributed by atoms with van der Waals surface area (Å²) in [6.07, 6.45) is 6.98. The summed E-state index contributed by atoms with van der Waals surface area (Å²) in [5.41, 5.74) is 0.348. The van der Waals surface area contributed by atoms with Crippen molar-refractivity contribution in [2.45, 2.75) is 70.5 Å². The molecule has 1 unspecified atom stereocenters. The Hall–Kier alpha value is -0.0800. The van der Waals surface area contributed by atoms with Crippen LogP contribution in [0.25, 0.3) is 0 Å². The molecule has 2 rings (SSSR count). The molecule has 0 amide bonds. The first-order chi connectivity index (χ1) is 7.48. The third-order valence-corrected chi connectivity index (χ3v) is 4.70. The Labute approximate surface area is 101 Å². The zero-order chi connectivity index (χ0) is 11.8. The number of nitrogens with zero attached hydrogens (tertiary/aromatic N) is 1. The third kappa shape index (κ3) is 2.78. The van der Waals surface area contributed by atoms with Gasteiger partial charge in [0.1, 0.15) is 0 Å². The Morgan fingerprint density at radius 3 is 2.19 bits per heavy atom. The molecule has 1 saturated heterocycles. The van der Waals surface area contributed by atoms with Gasteiger partial charge in [0.05, 0.1) is 0 Å². The van der Waals surface area contributed by atoms with E-state index in [1.165, 1.54) is 38.6 Å². The maximum absolute atomic E-state index is 3.63. The lowest BCUT2D eigenvalue weighted by Crippen LogP contribution is -2.43. The van der Waals surface area contributed by atoms with Gasteiger partial charge in [0.25, 0.3) is 0 Å². The van der Waals surface area contributed by atoms with E-state index >= 15 is 0 Å². The van der Waals surface area contributed by atoms with Gasteiger partial charge in [0.15, 0.2) is 0 Å². The van der Waals surface area contributed by atoms with Crippen LogP contribution in [0.15, 0.2) is 0 Å². The summed E-state index contributed by atoms with van der Waals surface area (Å²) in [5.74, 6) is 0.961. The second kappa shape index (κ2) is 4.66. The van der Waals surface area contributed by atoms with E-state index in [0.717, 1.165) is 18.0 Å². The van der Waals surface area contributed by atoms with Crippen molar-refractivity contribution in [1.29, 1.82) is 0 Å². The van der Waals surface area contributed by atoms with Crippen LogP contribution in [0.2, 0.25) is 0 Å². The van der Waals surface area contributed by atoms with Gasteiger partial charge in [-0.15, -0.1) is 0 Å². The fourth-order valence-corrected chi connectivity index (χ4v) is 3.36. The molecule has 1 aliphatic heterocycles. The van der Waals surface area contributed by atoms with Gasteiger partial charge in [-0.2, -0.15) is 0 Å². The Kier molecular flexibility index (Phi) is 3.60. The Bertz CT molecular complexity index is 229. The second-order valence-corrected chi connectivity index (χ2v) is 6.70. The van der Waals surface area contributed by atoms with Crippen molar-refractivity contribution < 1.29 is 0 Å². The molecule has 0 aromatic heterocycles. The van der Waals surface area contributed by atoms with Crippen LogP contribution in [0.5, 0.6) is 0 Å². The van der Waals surface area contributed by atoms with E-state index in [1.54, 1.807) is 0 Å². The van der Waals surface area contributed by atoms with Crippen LogP contribution in [-0.2, 0) is 0 Å². The summed E-state index contributed by atoms with van der Waals surface area (Å²) in [5, 5.41) is 3.63. The number of rotatable bonds is 2. The molecule has 0 radical (unpaired) electrons. The molecule has 0 spiro atoms. The van der Waals surface area contributed by atoms with Crippen LogP contribution in [0.3, 0.4) is 0 Å². The van der Waals surface area contributed by atoms with Gasteiger partial charge < -0.3 is 5.32 Å². The average Bonchev–Trinajstić information content (AvgIpc) is 2.59. The van der Waals surface area contributed by atoms with Crippen molar-refractivity contribution in [3.63, 3.8) is 0 Å². The molecule has 0 aromatic rings. The molecule has 0 bridgehead atoms. The molecule has 1 atom stereocenters. The van der Waals surface area contributed by atoms with E-state index in [9.17, 15) is 0 Å². The van der Waals surface area contributed by atoms with Crippen LogP contribution >= 0.6 is 0 Å². The molecule has 16 heavy (non-hydrogen) atoms. The minimum atomic E-state index is 0.348. The maximum atomic E-state index is 3.63. The van der Waals surface area contributed by atoms with E-state index in [0.29, 0.717) is 5.54 Å². The van der Waals surface area contributed by atoms with E-state index in [2.05, 4.69) is 38.0 Å². The summed E-state index contributed by atoms with van der Waals surface area (Å²) in [7, 11) is 2.34. The van der Waals surface area contributed by atoms with E-state index in [4.69, 9.17) is 0 Å². The highest BCUT2D eigenvalue weighted by atomic mass is 15.2. The molecule has 0 aromatic carbocycles. The van der Waals surface area contributed by atoms with Gasteiger partial charge in [0.2, 0.25) is 0 Å². The van der Waals surface area contributed by atoms with Gasteiger partial charge in [0, 0.05) is 24.2 Å². The number of hydrogen-bond donors (Lipinski definition) is 1. The van der Waals surface area contributed by atoms with Crippen LogP contribution in [0, 0.1) is 5.92 Å². The molecule has 2 heteroatoms. The van der Waals surface area contributed by atoms with Gasteiger partial charge >= 0.3 is 0 Å². The molecular formula is C14H28N2. The third-order valence-electron chi connectivity index (χ3n) is 4.70. The van der Waals surface area contributed by atoms with Crippen molar-refractivity contribution in [3.8, 4) is 0 Å². The van der Waals surface area contributed by atoms with Crippen LogP contribution in [-0.4, -0.2) is 36.1 Å². The average molecular weight is 224 g/mol. The van der Waals surface area contributed by atoms with Gasteiger partial charge in [-0.25, -0.2) is 0 Å². The molecule has 2 aliphatic rings. The number of likely N-dealkylation sites (N-methyl/N-ethyl adjacent to an activating group) is 1. The Balaban J connectivity index is 1.86. The highest BCUT2D eigenvalue weighted by Gasteiger charge is 2.35. The second-order valence-electron chi connectivity index (χ2n) is 6.70. The fraction of sp³-hybridized carbons (Fsp3) is 1.00. The van der Waals surface area contributed by atoms with Gasteiger partial charge in [-0.3, -0.25) is 4.90 Å². The summed E-state index contributed by atoms with van der Waals surface area (Å²) >= 11 is 0. The lowest BCUT2D eigenvalue weighted by atomic mass is 9.86. The minimum absolute atomic E-state index is 0.348. The van der Waals surface area contributed by atoms with Crippen LogP contribution in [0.4, 0.5) is 0 Å². The van der Waals surface area contributed by atoms with Crippen LogP contribution < -0.4 is 5.32 Å². The first-order valence-electron chi connectivity index (χ1n) is 6.95. The molecule has 2 nitrogen and oxygen atoms in total. The van der Waals surface area contributed by atoms with Gasteiger partial charge in [-0.05, 0) is 58.9 Å². The highest BCUT2D eigenvalue weighted by molar-refractivity contribution is 4.95. The predicted octanol–water partition coefficient (Wildman–Crippen LogP) is 2.64. The molecule has 1 heterocycles. The molecule has 1 N–H and O–H groups in total. The lowest BCUT2D eigenvalue weighted by Gasteiger charge is -2.37. The molecular weight excluding hydrogens is 196 g/mol. The van der Waals surface area contributed by atoms with E-state index in [1.807, 2.05) is 0 Å². The SMILES string of the molecule is CC1CCC(N(C)C2CNC(C)(C)C2)CC1. The zero-order valence-corrected chi connectivity index (χ0v) is 11.4. The van der Waals surface area contributed by atoms with Crippen molar-refractivity contribution in [2.75, 3.05) is 13.6 Å². The van der Waals surface area contributed by atoms with Crippen molar-refractivity contribution in [1.82, 2.24) is 10.2 Å². The maximum Gasteiger partial charge on any atom is 0.0238 e. The van der Waals surface area contributed by atoms with Crippen LogP contribution in [0.1, 0.15) is 52.9 Å². The van der Waals surface area contributed by atoms with E-state index < -0.39 is 0 Å². The molecule has 2 fully saturated rings. The first-order valence-corrected chi connectivity index (χ1v) is 6.95. The summed E-state index contributed by atoms with van der Waals surface area (Å²) < 4.78 is 0. The van der Waals surface area contributed by atoms with Crippen molar-refractivity contribution in [2.24, 2.45) is 5.92 Å². The summed E-state index contributed by atoms with van der Waals surface area (Å²) in [6.45, 7) is 8.22. The zero-order valence-electron chi connectivity index (χ0n) is 11.4. The quantitative estimate of drug-likeness (QED) is 0.776. The number of nitrogens with one attached hydrogen (secondary N) is 1. The highest BCUT2D eigenvalue weighted by Crippen LogP contribution is 2.30. The minimum Gasteiger partial charge on any atom is -0.310 e. The topological polar surface area (TPSA) is 15.3 Å². The first kappa shape index (κ1) is 12.4. The number of hydrogen-bond acceptors (Lipinski definition) is 2. The van der Waals surface area contributed by atoms with E-state index in [-0.39, 0.29) is 0 Å². The van der Waals surface area contributed by atoms with Crippen molar-refractivity contribution in [3.05, 3.63) is 0 Å². The smallest absolute Gasteiger partial charge is 0.0238 e. The Morgan fingerprint density at radius 2 is 1.69 bits per heavy atom. The molecule has 94 valence electrons. The monoisotopic (exact) mass is 224 g/mol. The fourth-order valence-electron chi connectivity index (χ4n) is 3.36. The lowest BCUT2D eigenvalue weighted by molar-refractivity contribution is 0.128. The molecule has 1 saturated carbocycles. The summed E-state index contributed by atoms with van der Waals surface area (Å²) in [4.78, 5) is 2.66. The van der Waals surface area contributed by atoms with Gasteiger partial charge in [-0.1, -0.05) is 6.92 Å². The Morgan fingerprint density at radius 1 is 1.06 bits per heavy atom. The standard InChI is InChI=1S/C14H28N2/c1-11-5-7-12(8-6-11)16(4)13-9-14(2,3)15-10-13/h11-13,15H,5-10H2,1-4H3. The van der Waals surface area contributed by atoms with Crippen molar-refractivity contribution >= 4 is 0 Å². The summed E-state index contributed by atoms with van der Waals surface area (Å²) in [6, 6.07) is 1.60.